The first-order chi connectivity index (χ1) is 10.6. The van der Waals surface area contributed by atoms with E-state index in [2.05, 4.69) is 19.9 Å². The summed E-state index contributed by atoms with van der Waals surface area (Å²) in [6.07, 6.45) is 8.21. The Kier molecular flexibility index (Phi) is 6.23. The van der Waals surface area contributed by atoms with Crippen molar-refractivity contribution < 1.29 is 9.53 Å². The standard InChI is InChI=1S/C20H28O2/c1-4-15(2)14-17-10-12-18(13-11-17)16(3)20(21)22-19-8-6-5-7-9-19/h5-9,12,15-17H,4,10-11,13-14H2,1-3H3. The minimum atomic E-state index is -0.141. The maximum absolute atomic E-state index is 12.3. The first-order valence-corrected chi connectivity index (χ1v) is 8.55. The van der Waals surface area contributed by atoms with E-state index >= 15 is 0 Å². The predicted octanol–water partition coefficient (Wildman–Crippen LogP) is 5.39. The summed E-state index contributed by atoms with van der Waals surface area (Å²) < 4.78 is 5.46. The Morgan fingerprint density at radius 1 is 1.27 bits per heavy atom. The maximum Gasteiger partial charge on any atom is 0.318 e. The van der Waals surface area contributed by atoms with Crippen LogP contribution in [0.15, 0.2) is 42.0 Å². The molecule has 1 aromatic carbocycles. The Hall–Kier alpha value is -1.57. The summed E-state index contributed by atoms with van der Waals surface area (Å²) in [5, 5.41) is 0. The van der Waals surface area contributed by atoms with Crippen LogP contribution in [0.25, 0.3) is 0 Å². The van der Waals surface area contributed by atoms with Crippen molar-refractivity contribution in [3.05, 3.63) is 42.0 Å². The number of para-hydroxylation sites is 1. The van der Waals surface area contributed by atoms with Gasteiger partial charge in [0.2, 0.25) is 0 Å². The minimum Gasteiger partial charge on any atom is -0.426 e. The van der Waals surface area contributed by atoms with E-state index in [-0.39, 0.29) is 11.9 Å². The molecule has 0 saturated heterocycles. The number of hydrogen-bond donors (Lipinski definition) is 0. The van der Waals surface area contributed by atoms with E-state index in [9.17, 15) is 4.79 Å². The van der Waals surface area contributed by atoms with Gasteiger partial charge in [-0.1, -0.05) is 50.1 Å². The molecule has 0 amide bonds. The molecule has 3 atom stereocenters. The van der Waals surface area contributed by atoms with Crippen LogP contribution >= 0.6 is 0 Å². The fraction of sp³-hybridized carbons (Fsp3) is 0.550. The van der Waals surface area contributed by atoms with E-state index in [1.165, 1.54) is 24.8 Å². The Morgan fingerprint density at radius 3 is 2.59 bits per heavy atom. The maximum atomic E-state index is 12.3. The molecule has 3 unspecified atom stereocenters. The van der Waals surface area contributed by atoms with Crippen LogP contribution in [0.2, 0.25) is 0 Å². The molecule has 22 heavy (non-hydrogen) atoms. The largest absolute Gasteiger partial charge is 0.426 e. The normalized spacial score (nSPS) is 20.9. The molecule has 0 saturated carbocycles. The second-order valence-electron chi connectivity index (χ2n) is 6.62. The van der Waals surface area contributed by atoms with Crippen LogP contribution < -0.4 is 4.74 Å². The third kappa shape index (κ3) is 4.72. The van der Waals surface area contributed by atoms with Crippen molar-refractivity contribution in [1.29, 1.82) is 0 Å². The number of benzene rings is 1. The highest BCUT2D eigenvalue weighted by atomic mass is 16.5. The molecular formula is C20H28O2. The lowest BCUT2D eigenvalue weighted by Crippen LogP contribution is -2.22. The van der Waals surface area contributed by atoms with Gasteiger partial charge >= 0.3 is 5.97 Å². The number of carbonyl (C=O) groups is 1. The third-order valence-electron chi connectivity index (χ3n) is 4.86. The quantitative estimate of drug-likeness (QED) is 0.400. The average molecular weight is 300 g/mol. The molecule has 2 heteroatoms. The van der Waals surface area contributed by atoms with Crippen molar-refractivity contribution in [2.75, 3.05) is 0 Å². The summed E-state index contributed by atoms with van der Waals surface area (Å²) in [6, 6.07) is 9.32. The molecule has 120 valence electrons. The van der Waals surface area contributed by atoms with E-state index in [0.717, 1.165) is 24.7 Å². The van der Waals surface area contributed by atoms with Gasteiger partial charge in [0.25, 0.3) is 0 Å². The molecule has 2 rings (SSSR count). The molecule has 0 heterocycles. The summed E-state index contributed by atoms with van der Waals surface area (Å²) in [5.41, 5.74) is 1.25. The SMILES string of the molecule is CCC(C)CC1CC=C(C(C)C(=O)Oc2ccccc2)CC1. The number of rotatable bonds is 6. The molecular weight excluding hydrogens is 272 g/mol. The van der Waals surface area contributed by atoms with Gasteiger partial charge in [0.05, 0.1) is 5.92 Å². The highest BCUT2D eigenvalue weighted by Crippen LogP contribution is 2.32. The minimum absolute atomic E-state index is 0.134. The highest BCUT2D eigenvalue weighted by Gasteiger charge is 2.24. The fourth-order valence-corrected chi connectivity index (χ4v) is 3.10. The Morgan fingerprint density at radius 2 is 2.00 bits per heavy atom. The number of ether oxygens (including phenoxy) is 1. The lowest BCUT2D eigenvalue weighted by Gasteiger charge is -2.26. The monoisotopic (exact) mass is 300 g/mol. The molecule has 1 aliphatic carbocycles. The molecule has 1 aromatic rings. The number of hydrogen-bond acceptors (Lipinski definition) is 2. The second kappa shape index (κ2) is 8.17. The molecule has 0 aromatic heterocycles. The van der Waals surface area contributed by atoms with Crippen LogP contribution in [-0.4, -0.2) is 5.97 Å². The van der Waals surface area contributed by atoms with Gasteiger partial charge < -0.3 is 4.74 Å². The molecule has 2 nitrogen and oxygen atoms in total. The number of allylic oxidation sites excluding steroid dienone is 1. The molecule has 0 N–H and O–H groups in total. The number of esters is 1. The van der Waals surface area contributed by atoms with Crippen molar-refractivity contribution in [1.82, 2.24) is 0 Å². The highest BCUT2D eigenvalue weighted by molar-refractivity contribution is 5.77. The van der Waals surface area contributed by atoms with Crippen molar-refractivity contribution >= 4 is 5.97 Å². The van der Waals surface area contributed by atoms with Gasteiger partial charge in [0, 0.05) is 0 Å². The zero-order chi connectivity index (χ0) is 15.9. The summed E-state index contributed by atoms with van der Waals surface area (Å²) in [6.45, 7) is 6.56. The molecule has 0 aliphatic heterocycles. The van der Waals surface area contributed by atoms with E-state index in [1.807, 2.05) is 37.3 Å². The van der Waals surface area contributed by atoms with Gasteiger partial charge in [-0.05, 0) is 56.6 Å². The van der Waals surface area contributed by atoms with E-state index < -0.39 is 0 Å². The topological polar surface area (TPSA) is 26.3 Å². The van der Waals surface area contributed by atoms with Gasteiger partial charge in [-0.15, -0.1) is 0 Å². The van der Waals surface area contributed by atoms with Gasteiger partial charge in [-0.2, -0.15) is 0 Å². The van der Waals surface area contributed by atoms with E-state index in [1.54, 1.807) is 0 Å². The predicted molar refractivity (Wildman–Crippen MR) is 90.7 cm³/mol. The van der Waals surface area contributed by atoms with E-state index in [0.29, 0.717) is 5.75 Å². The van der Waals surface area contributed by atoms with Crippen LogP contribution in [0.1, 0.15) is 52.9 Å². The molecule has 0 spiro atoms. The Bertz CT molecular complexity index is 504. The third-order valence-corrected chi connectivity index (χ3v) is 4.86. The summed E-state index contributed by atoms with van der Waals surface area (Å²) in [7, 11) is 0. The lowest BCUT2D eigenvalue weighted by molar-refractivity contribution is -0.137. The molecule has 0 radical (unpaired) electrons. The zero-order valence-electron chi connectivity index (χ0n) is 14.0. The molecule has 0 fully saturated rings. The van der Waals surface area contributed by atoms with Crippen molar-refractivity contribution in [3.8, 4) is 5.75 Å². The van der Waals surface area contributed by atoms with E-state index in [4.69, 9.17) is 4.74 Å². The summed E-state index contributed by atoms with van der Waals surface area (Å²) in [4.78, 5) is 12.3. The first-order valence-electron chi connectivity index (χ1n) is 8.55. The van der Waals surface area contributed by atoms with Crippen LogP contribution in [0.5, 0.6) is 5.75 Å². The summed E-state index contributed by atoms with van der Waals surface area (Å²) in [5.74, 6) is 1.95. The Balaban J connectivity index is 1.88. The van der Waals surface area contributed by atoms with Crippen LogP contribution in [0.3, 0.4) is 0 Å². The van der Waals surface area contributed by atoms with Crippen molar-refractivity contribution in [3.63, 3.8) is 0 Å². The second-order valence-corrected chi connectivity index (χ2v) is 6.62. The Labute approximate surface area is 134 Å². The van der Waals surface area contributed by atoms with Crippen LogP contribution in [-0.2, 0) is 4.79 Å². The molecule has 1 aliphatic rings. The van der Waals surface area contributed by atoms with Crippen molar-refractivity contribution in [2.45, 2.75) is 52.9 Å². The number of carbonyl (C=O) groups excluding carboxylic acids is 1. The average Bonchev–Trinajstić information content (AvgIpc) is 2.55. The summed E-state index contributed by atoms with van der Waals surface area (Å²) >= 11 is 0. The van der Waals surface area contributed by atoms with Crippen LogP contribution in [0.4, 0.5) is 0 Å². The van der Waals surface area contributed by atoms with Gasteiger partial charge in [-0.25, -0.2) is 0 Å². The molecule has 0 bridgehead atoms. The first kappa shape index (κ1) is 16.8. The van der Waals surface area contributed by atoms with Crippen LogP contribution in [0, 0.1) is 17.8 Å². The zero-order valence-corrected chi connectivity index (χ0v) is 14.0. The van der Waals surface area contributed by atoms with Gasteiger partial charge in [0.15, 0.2) is 0 Å². The van der Waals surface area contributed by atoms with Gasteiger partial charge in [-0.3, -0.25) is 4.79 Å². The smallest absolute Gasteiger partial charge is 0.318 e. The van der Waals surface area contributed by atoms with Crippen molar-refractivity contribution in [2.24, 2.45) is 17.8 Å². The van der Waals surface area contributed by atoms with Gasteiger partial charge in [0.1, 0.15) is 5.75 Å². The fourth-order valence-electron chi connectivity index (χ4n) is 3.10. The lowest BCUT2D eigenvalue weighted by atomic mass is 9.80.